The Balaban J connectivity index is 1.37. The maximum Gasteiger partial charge on any atom is 0.193 e. The molecule has 6 heteroatoms. The Morgan fingerprint density at radius 2 is 2.11 bits per heavy atom. The summed E-state index contributed by atoms with van der Waals surface area (Å²) in [5, 5.41) is 5.61. The van der Waals surface area contributed by atoms with Crippen LogP contribution in [0.15, 0.2) is 22.5 Å². The number of thiophene rings is 1. The molecular formula is C21H36N4OS. The Labute approximate surface area is 168 Å². The first kappa shape index (κ1) is 20.6. The van der Waals surface area contributed by atoms with Crippen molar-refractivity contribution in [3.05, 3.63) is 22.4 Å². The molecule has 0 unspecified atom stereocenters. The predicted octanol–water partition coefficient (Wildman–Crippen LogP) is 3.28. The second-order valence-corrected chi connectivity index (χ2v) is 8.97. The van der Waals surface area contributed by atoms with Gasteiger partial charge >= 0.3 is 0 Å². The van der Waals surface area contributed by atoms with Crippen LogP contribution in [0.4, 0.5) is 0 Å². The van der Waals surface area contributed by atoms with Crippen LogP contribution in [0.5, 0.6) is 0 Å². The third-order valence-electron chi connectivity index (χ3n) is 5.48. The quantitative estimate of drug-likeness (QED) is 0.377. The zero-order valence-corrected chi connectivity index (χ0v) is 17.8. The Hall–Kier alpha value is -1.11. The highest BCUT2D eigenvalue weighted by Crippen LogP contribution is 2.28. The summed E-state index contributed by atoms with van der Waals surface area (Å²) in [5.74, 6) is 2.56. The minimum Gasteiger partial charge on any atom is -0.379 e. The Kier molecular flexibility index (Phi) is 8.42. The number of likely N-dealkylation sites (tertiary alicyclic amines) is 1. The summed E-state index contributed by atoms with van der Waals surface area (Å²) in [5.41, 5.74) is 0. The monoisotopic (exact) mass is 392 g/mol. The molecule has 1 saturated heterocycles. The molecule has 5 nitrogen and oxygen atoms in total. The number of guanidine groups is 1. The van der Waals surface area contributed by atoms with Crippen molar-refractivity contribution in [2.24, 2.45) is 16.8 Å². The van der Waals surface area contributed by atoms with Crippen molar-refractivity contribution in [1.29, 1.82) is 0 Å². The summed E-state index contributed by atoms with van der Waals surface area (Å²) in [6.45, 7) is 10.1. The Bertz CT molecular complexity index is 551. The fourth-order valence-electron chi connectivity index (χ4n) is 3.48. The number of nitrogens with zero attached hydrogens (tertiary/aromatic N) is 3. The number of hydrogen-bond donors (Lipinski definition) is 1. The topological polar surface area (TPSA) is 40.1 Å². The first-order valence-corrected chi connectivity index (χ1v) is 11.4. The second kappa shape index (κ2) is 11.0. The van der Waals surface area contributed by atoms with E-state index in [4.69, 9.17) is 9.73 Å². The van der Waals surface area contributed by atoms with Crippen LogP contribution in [0.2, 0.25) is 0 Å². The van der Waals surface area contributed by atoms with Crippen LogP contribution in [0.3, 0.4) is 0 Å². The molecule has 0 radical (unpaired) electrons. The average molecular weight is 393 g/mol. The van der Waals surface area contributed by atoms with E-state index in [1.54, 1.807) is 0 Å². The summed E-state index contributed by atoms with van der Waals surface area (Å²) < 4.78 is 5.78. The first-order chi connectivity index (χ1) is 13.2. The molecule has 1 aliphatic heterocycles. The highest BCUT2D eigenvalue weighted by atomic mass is 32.1. The number of ether oxygens (including phenoxy) is 1. The van der Waals surface area contributed by atoms with Gasteiger partial charge in [0.2, 0.25) is 0 Å². The zero-order valence-electron chi connectivity index (χ0n) is 17.0. The van der Waals surface area contributed by atoms with Crippen molar-refractivity contribution in [3.63, 3.8) is 0 Å². The van der Waals surface area contributed by atoms with Crippen LogP contribution in [0.25, 0.3) is 0 Å². The summed E-state index contributed by atoms with van der Waals surface area (Å²) in [7, 11) is 2.12. The molecule has 3 rings (SSSR count). The van der Waals surface area contributed by atoms with Crippen LogP contribution in [0.1, 0.15) is 37.5 Å². The molecule has 0 atom stereocenters. The Morgan fingerprint density at radius 1 is 1.30 bits per heavy atom. The average Bonchev–Trinajstić information content (AvgIpc) is 3.37. The summed E-state index contributed by atoms with van der Waals surface area (Å²) in [6.07, 6.45) is 5.21. The van der Waals surface area contributed by atoms with Crippen molar-refractivity contribution in [2.75, 3.05) is 53.0 Å². The van der Waals surface area contributed by atoms with Crippen LogP contribution < -0.4 is 5.32 Å². The van der Waals surface area contributed by atoms with Gasteiger partial charge in [0, 0.05) is 44.7 Å². The summed E-state index contributed by atoms with van der Waals surface area (Å²) in [6, 6.07) is 4.39. The molecule has 0 amide bonds. The van der Waals surface area contributed by atoms with Gasteiger partial charge in [-0.15, -0.1) is 11.3 Å². The van der Waals surface area contributed by atoms with Crippen LogP contribution in [0, 0.1) is 11.8 Å². The lowest BCUT2D eigenvalue weighted by molar-refractivity contribution is 0.115. The van der Waals surface area contributed by atoms with E-state index in [-0.39, 0.29) is 0 Å². The van der Waals surface area contributed by atoms with Crippen molar-refractivity contribution in [3.8, 4) is 0 Å². The maximum absolute atomic E-state index is 5.78. The fourth-order valence-corrected chi connectivity index (χ4v) is 4.22. The molecular weight excluding hydrogens is 356 g/mol. The van der Waals surface area contributed by atoms with Gasteiger partial charge in [0.1, 0.15) is 0 Å². The van der Waals surface area contributed by atoms with Gasteiger partial charge in [-0.2, -0.15) is 0 Å². The smallest absolute Gasteiger partial charge is 0.193 e. The second-order valence-electron chi connectivity index (χ2n) is 7.93. The number of rotatable bonds is 10. The van der Waals surface area contributed by atoms with Crippen LogP contribution in [-0.2, 0) is 11.3 Å². The van der Waals surface area contributed by atoms with Crippen molar-refractivity contribution >= 4 is 17.3 Å². The molecule has 1 N–H and O–H groups in total. The number of nitrogens with one attached hydrogen (secondary N) is 1. The van der Waals surface area contributed by atoms with Crippen molar-refractivity contribution in [2.45, 2.75) is 39.2 Å². The largest absolute Gasteiger partial charge is 0.379 e. The number of piperidine rings is 1. The number of aliphatic imine (C=N–C) groups is 1. The van der Waals surface area contributed by atoms with Gasteiger partial charge in [0.25, 0.3) is 0 Å². The van der Waals surface area contributed by atoms with E-state index in [0.717, 1.165) is 51.3 Å². The van der Waals surface area contributed by atoms with Gasteiger partial charge in [-0.3, -0.25) is 9.89 Å². The summed E-state index contributed by atoms with van der Waals surface area (Å²) in [4.78, 5) is 11.2. The van der Waals surface area contributed by atoms with Crippen molar-refractivity contribution in [1.82, 2.24) is 15.1 Å². The first-order valence-electron chi connectivity index (χ1n) is 10.6. The van der Waals surface area contributed by atoms with Gasteiger partial charge in [-0.1, -0.05) is 6.07 Å². The van der Waals surface area contributed by atoms with Gasteiger partial charge < -0.3 is 15.0 Å². The molecule has 2 heterocycles. The highest BCUT2D eigenvalue weighted by Gasteiger charge is 2.21. The van der Waals surface area contributed by atoms with E-state index >= 15 is 0 Å². The molecule has 0 bridgehead atoms. The summed E-state index contributed by atoms with van der Waals surface area (Å²) >= 11 is 1.87. The predicted molar refractivity (Wildman–Crippen MR) is 114 cm³/mol. The van der Waals surface area contributed by atoms with Crippen molar-refractivity contribution < 1.29 is 4.74 Å². The van der Waals surface area contributed by atoms with E-state index in [1.165, 1.54) is 43.6 Å². The molecule has 1 saturated carbocycles. The molecule has 0 aromatic carbocycles. The normalized spacial score (nSPS) is 19.4. The standard InChI is InChI=1S/C21H36N4OS/c1-3-22-21(24(2)12-13-26-17-19-6-7-19)23-15-18-8-10-25(11-9-18)16-20-5-4-14-27-20/h4-5,14,18-19H,3,6-13,15-17H2,1-2H3,(H,22,23). The van der Waals surface area contributed by atoms with Crippen LogP contribution >= 0.6 is 11.3 Å². The van der Waals surface area contributed by atoms with Gasteiger partial charge in [-0.25, -0.2) is 0 Å². The maximum atomic E-state index is 5.78. The molecule has 1 aromatic heterocycles. The lowest BCUT2D eigenvalue weighted by atomic mass is 9.97. The number of likely N-dealkylation sites (N-methyl/N-ethyl adjacent to an activating group) is 1. The van der Waals surface area contributed by atoms with Gasteiger partial charge in [0.15, 0.2) is 5.96 Å². The third-order valence-corrected chi connectivity index (χ3v) is 6.35. The minimum atomic E-state index is 0.706. The lowest BCUT2D eigenvalue weighted by Crippen LogP contribution is -2.41. The van der Waals surface area contributed by atoms with E-state index < -0.39 is 0 Å². The molecule has 2 aliphatic rings. The number of hydrogen-bond acceptors (Lipinski definition) is 4. The molecule has 1 aromatic rings. The fraction of sp³-hybridized carbons (Fsp3) is 0.762. The molecule has 2 fully saturated rings. The van der Waals surface area contributed by atoms with E-state index in [9.17, 15) is 0 Å². The molecule has 1 aliphatic carbocycles. The highest BCUT2D eigenvalue weighted by molar-refractivity contribution is 7.09. The van der Waals surface area contributed by atoms with Crippen LogP contribution in [-0.4, -0.2) is 68.7 Å². The molecule has 27 heavy (non-hydrogen) atoms. The van der Waals surface area contributed by atoms with E-state index in [0.29, 0.717) is 5.92 Å². The van der Waals surface area contributed by atoms with E-state index in [2.05, 4.69) is 46.6 Å². The SMILES string of the molecule is CCNC(=NCC1CCN(Cc2cccs2)CC1)N(C)CCOCC1CC1. The minimum absolute atomic E-state index is 0.706. The molecule has 152 valence electrons. The van der Waals surface area contributed by atoms with Gasteiger partial charge in [-0.05, 0) is 69.0 Å². The lowest BCUT2D eigenvalue weighted by Gasteiger charge is -2.31. The third kappa shape index (κ3) is 7.43. The zero-order chi connectivity index (χ0) is 18.9. The van der Waals surface area contributed by atoms with E-state index in [1.807, 2.05) is 11.3 Å². The Morgan fingerprint density at radius 3 is 2.78 bits per heavy atom. The molecule has 0 spiro atoms. The van der Waals surface area contributed by atoms with Gasteiger partial charge in [0.05, 0.1) is 6.61 Å².